The molecule has 0 saturated heterocycles. The van der Waals surface area contributed by atoms with Gasteiger partial charge >= 0.3 is 0 Å². The van der Waals surface area contributed by atoms with Gasteiger partial charge < -0.3 is 29.9 Å². The predicted octanol–water partition coefficient (Wildman–Crippen LogP) is 2.59. The number of ether oxygens (including phenoxy) is 2. The maximum atomic E-state index is 14.0. The van der Waals surface area contributed by atoms with Gasteiger partial charge in [-0.3, -0.25) is 14.4 Å². The molecule has 4 atom stereocenters. The highest BCUT2D eigenvalue weighted by Gasteiger charge is 2.56. The number of fused-ring (bicyclic) bond motifs is 3. The molecule has 0 spiro atoms. The molecule has 0 radical (unpaired) electrons. The van der Waals surface area contributed by atoms with Crippen LogP contribution in [0.15, 0.2) is 23.8 Å². The Labute approximate surface area is 240 Å². The summed E-state index contributed by atoms with van der Waals surface area (Å²) in [6.07, 6.45) is 9.56. The van der Waals surface area contributed by atoms with Crippen LogP contribution in [0.3, 0.4) is 0 Å². The normalized spacial score (nSPS) is 36.1. The Morgan fingerprint density at radius 2 is 1.83 bits per heavy atom. The van der Waals surface area contributed by atoms with Crippen LogP contribution in [0, 0.1) is 29.1 Å². The molecule has 1 aliphatic heterocycles. The highest BCUT2D eigenvalue weighted by atomic mass is 16.5. The molecule has 1 heterocycles. The fourth-order valence-corrected chi connectivity index (χ4v) is 9.30. The quantitative estimate of drug-likeness (QED) is 0.394. The van der Waals surface area contributed by atoms with Crippen molar-refractivity contribution in [3.8, 4) is 11.5 Å². The Balaban J connectivity index is 1.29. The minimum Gasteiger partial charge on any atom is -0.493 e. The molecule has 41 heavy (non-hydrogen) atoms. The second kappa shape index (κ2) is 10.1. The Kier molecular flexibility index (Phi) is 6.65. The molecule has 8 rings (SSSR count). The number of rotatable bonds is 9. The second-order valence-electron chi connectivity index (χ2n) is 13.6. The van der Waals surface area contributed by atoms with Crippen LogP contribution in [-0.2, 0) is 9.59 Å². The van der Waals surface area contributed by atoms with Crippen molar-refractivity contribution in [1.29, 1.82) is 0 Å². The zero-order valence-corrected chi connectivity index (χ0v) is 23.6. The number of nitrogens with one attached hydrogen (secondary N) is 1. The van der Waals surface area contributed by atoms with Crippen molar-refractivity contribution in [2.75, 3.05) is 26.8 Å². The van der Waals surface area contributed by atoms with Gasteiger partial charge in [0.1, 0.15) is 18.5 Å². The van der Waals surface area contributed by atoms with Crippen LogP contribution in [0.5, 0.6) is 11.5 Å². The molecule has 1 aromatic rings. The number of methoxy groups -OCH3 is 1. The number of benzene rings is 1. The van der Waals surface area contributed by atoms with Crippen LogP contribution in [0.1, 0.15) is 73.2 Å². The third-order valence-corrected chi connectivity index (χ3v) is 10.7. The number of nitrogens with zero attached hydrogens (tertiary/aromatic N) is 1. The van der Waals surface area contributed by atoms with E-state index in [-0.39, 0.29) is 36.3 Å². The zero-order valence-electron chi connectivity index (χ0n) is 23.6. The molecule has 9 heteroatoms. The average molecular weight is 565 g/mol. The molecule has 220 valence electrons. The third kappa shape index (κ3) is 4.56. The summed E-state index contributed by atoms with van der Waals surface area (Å²) in [7, 11) is 1.49. The minimum absolute atomic E-state index is 0.0363. The first-order chi connectivity index (χ1) is 19.8. The van der Waals surface area contributed by atoms with Crippen molar-refractivity contribution in [2.24, 2.45) is 29.1 Å². The van der Waals surface area contributed by atoms with Gasteiger partial charge in [0.25, 0.3) is 0 Å². The fourth-order valence-electron chi connectivity index (χ4n) is 9.30. The first-order valence-corrected chi connectivity index (χ1v) is 15.3. The number of carbonyl (C=O) groups excluding carboxylic acids is 3. The Morgan fingerprint density at radius 1 is 1.15 bits per heavy atom. The molecule has 9 nitrogen and oxygen atoms in total. The third-order valence-electron chi connectivity index (χ3n) is 10.7. The summed E-state index contributed by atoms with van der Waals surface area (Å²) < 4.78 is 11.9. The summed E-state index contributed by atoms with van der Waals surface area (Å²) >= 11 is 0. The molecule has 4 bridgehead atoms. The molecular formula is C32H40N2O7. The topological polar surface area (TPSA) is 125 Å². The Hall–Kier alpha value is -2.91. The first-order valence-electron chi connectivity index (χ1n) is 15.3. The largest absolute Gasteiger partial charge is 0.493 e. The van der Waals surface area contributed by atoms with Gasteiger partial charge in [-0.05, 0) is 92.7 Å². The molecule has 7 aliphatic rings. The smallest absolute Gasteiger partial charge is 0.247 e. The molecule has 5 fully saturated rings. The molecule has 0 aromatic heterocycles. The SMILES string of the molecule is COc1cc(C=O)cc2c1O[C@@H]1[C@@H](O)[C@H](N(CC34CC5CC(CC(C5)C3)C4)C(=O)C3CC3)C=C(C(=O)NCCO)[C@H]21. The van der Waals surface area contributed by atoms with E-state index in [9.17, 15) is 24.6 Å². The van der Waals surface area contributed by atoms with Gasteiger partial charge in [-0.2, -0.15) is 0 Å². The lowest BCUT2D eigenvalue weighted by molar-refractivity contribution is -0.146. The molecule has 0 unspecified atom stereocenters. The van der Waals surface area contributed by atoms with Crippen LogP contribution >= 0.6 is 0 Å². The van der Waals surface area contributed by atoms with Crippen LogP contribution < -0.4 is 14.8 Å². The predicted molar refractivity (Wildman–Crippen MR) is 149 cm³/mol. The van der Waals surface area contributed by atoms with Crippen molar-refractivity contribution in [1.82, 2.24) is 10.2 Å². The lowest BCUT2D eigenvalue weighted by Gasteiger charge is -2.58. The van der Waals surface area contributed by atoms with Gasteiger partial charge in [-0.25, -0.2) is 0 Å². The van der Waals surface area contributed by atoms with Crippen LogP contribution in [-0.4, -0.2) is 78.3 Å². The van der Waals surface area contributed by atoms with Crippen molar-refractivity contribution in [3.05, 3.63) is 34.9 Å². The first kappa shape index (κ1) is 27.0. The Bertz CT molecular complexity index is 1250. The van der Waals surface area contributed by atoms with Gasteiger partial charge in [0.2, 0.25) is 11.8 Å². The minimum atomic E-state index is -1.08. The number of carbonyl (C=O) groups is 3. The number of aldehydes is 1. The maximum Gasteiger partial charge on any atom is 0.247 e. The molecule has 1 aromatic carbocycles. The molecule has 5 saturated carbocycles. The van der Waals surface area contributed by atoms with E-state index >= 15 is 0 Å². The lowest BCUT2D eigenvalue weighted by Crippen LogP contribution is -2.60. The van der Waals surface area contributed by atoms with Gasteiger partial charge in [0.15, 0.2) is 11.5 Å². The zero-order chi connectivity index (χ0) is 28.5. The number of hydrogen-bond acceptors (Lipinski definition) is 7. The summed E-state index contributed by atoms with van der Waals surface area (Å²) in [6, 6.07) is 2.54. The summed E-state index contributed by atoms with van der Waals surface area (Å²) in [5.74, 6) is 1.92. The summed E-state index contributed by atoms with van der Waals surface area (Å²) in [5.41, 5.74) is 1.41. The second-order valence-corrected chi connectivity index (χ2v) is 13.6. The van der Waals surface area contributed by atoms with E-state index in [1.54, 1.807) is 18.2 Å². The van der Waals surface area contributed by atoms with E-state index in [0.717, 1.165) is 56.1 Å². The van der Waals surface area contributed by atoms with Crippen LogP contribution in [0.2, 0.25) is 0 Å². The number of amides is 2. The number of hydrogen-bond donors (Lipinski definition) is 3. The standard InChI is InChI=1S/C32H40N2O7/c1-40-25-10-20(15-36)9-22-26-23(30(38)33-4-5-35)11-24(27(37)29(26)41-28(22)25)34(31(39)21-2-3-21)16-32-12-17-6-18(13-32)8-19(7-17)14-32/h9-11,15,17-19,21,24,26-27,29,35,37H,2-8,12-14,16H2,1H3,(H,33,38)/t17?,18?,19?,24-,26+,27+,29+,32?/m1/s1. The highest BCUT2D eigenvalue weighted by Crippen LogP contribution is 2.61. The molecule has 2 amide bonds. The summed E-state index contributed by atoms with van der Waals surface area (Å²) in [4.78, 5) is 41.2. The fraction of sp³-hybridized carbons (Fsp3) is 0.656. The van der Waals surface area contributed by atoms with Gasteiger partial charge in [-0.15, -0.1) is 0 Å². The van der Waals surface area contributed by atoms with Gasteiger partial charge in [0, 0.05) is 35.7 Å². The van der Waals surface area contributed by atoms with E-state index in [1.807, 2.05) is 4.90 Å². The van der Waals surface area contributed by atoms with Crippen molar-refractivity contribution in [2.45, 2.75) is 75.5 Å². The van der Waals surface area contributed by atoms with E-state index < -0.39 is 24.2 Å². The maximum absolute atomic E-state index is 14.0. The van der Waals surface area contributed by atoms with Crippen LogP contribution in [0.4, 0.5) is 0 Å². The van der Waals surface area contributed by atoms with E-state index in [4.69, 9.17) is 9.47 Å². The Morgan fingerprint density at radius 3 is 2.41 bits per heavy atom. The van der Waals surface area contributed by atoms with Crippen molar-refractivity contribution in [3.63, 3.8) is 0 Å². The number of aliphatic hydroxyl groups is 2. The molecule has 3 N–H and O–H groups in total. The summed E-state index contributed by atoms with van der Waals surface area (Å²) in [5, 5.41) is 24.1. The number of aliphatic hydroxyl groups excluding tert-OH is 2. The molecular weight excluding hydrogens is 524 g/mol. The van der Waals surface area contributed by atoms with Crippen LogP contribution in [0.25, 0.3) is 0 Å². The van der Waals surface area contributed by atoms with E-state index in [2.05, 4.69) is 5.32 Å². The molecule has 6 aliphatic carbocycles. The van der Waals surface area contributed by atoms with Gasteiger partial charge in [-0.1, -0.05) is 0 Å². The lowest BCUT2D eigenvalue weighted by atomic mass is 9.49. The van der Waals surface area contributed by atoms with E-state index in [1.165, 1.54) is 26.4 Å². The van der Waals surface area contributed by atoms with Crippen molar-refractivity contribution >= 4 is 18.1 Å². The monoisotopic (exact) mass is 564 g/mol. The van der Waals surface area contributed by atoms with Crippen molar-refractivity contribution < 1.29 is 34.1 Å². The summed E-state index contributed by atoms with van der Waals surface area (Å²) in [6.45, 7) is 0.455. The van der Waals surface area contributed by atoms with Gasteiger partial charge in [0.05, 0.1) is 25.7 Å². The average Bonchev–Trinajstić information content (AvgIpc) is 3.73. The van der Waals surface area contributed by atoms with E-state index in [0.29, 0.717) is 34.7 Å². The highest BCUT2D eigenvalue weighted by molar-refractivity contribution is 5.96.